The molecular formula is C29H27F4NO4. The molecular weight excluding hydrogens is 502 g/mol. The number of aryl methyl sites for hydroxylation is 2. The predicted molar refractivity (Wildman–Crippen MR) is 134 cm³/mol. The SMILES string of the molecule is CCOC(=O)CCc1ccc(COc2cccc3c2N(C(=O)c2cccc(C(F)(F)F)c2)CCC3)cc1F. The van der Waals surface area contributed by atoms with E-state index in [2.05, 4.69) is 0 Å². The first-order valence-electron chi connectivity index (χ1n) is 12.3. The number of esters is 1. The van der Waals surface area contributed by atoms with Crippen molar-refractivity contribution in [2.75, 3.05) is 18.1 Å². The summed E-state index contributed by atoms with van der Waals surface area (Å²) in [5.74, 6) is -1.02. The molecule has 38 heavy (non-hydrogen) atoms. The van der Waals surface area contributed by atoms with E-state index in [1.807, 2.05) is 6.07 Å². The number of halogens is 4. The predicted octanol–water partition coefficient (Wildman–Crippen LogP) is 6.51. The molecule has 0 radical (unpaired) electrons. The zero-order valence-electron chi connectivity index (χ0n) is 20.8. The number of carbonyl (C=O) groups excluding carboxylic acids is 2. The van der Waals surface area contributed by atoms with E-state index >= 15 is 0 Å². The van der Waals surface area contributed by atoms with Gasteiger partial charge in [0.1, 0.15) is 18.2 Å². The standard InChI is InChI=1S/C29H27F4NO4/c1-2-37-26(35)14-13-20-12-11-19(16-24(20)30)18-38-25-10-4-6-21-8-5-15-34(27(21)25)28(36)22-7-3-9-23(17-22)29(31,32)33/h3-4,6-7,9-12,16-17H,2,5,8,13-15,18H2,1H3. The van der Waals surface area contributed by atoms with E-state index in [4.69, 9.17) is 9.47 Å². The largest absolute Gasteiger partial charge is 0.487 e. The number of nitrogens with zero attached hydrogens (tertiary/aromatic N) is 1. The number of fused-ring (bicyclic) bond motifs is 1. The zero-order chi connectivity index (χ0) is 27.3. The number of carbonyl (C=O) groups is 2. The van der Waals surface area contributed by atoms with Crippen molar-refractivity contribution < 1.29 is 36.6 Å². The fourth-order valence-corrected chi connectivity index (χ4v) is 4.43. The average Bonchev–Trinajstić information content (AvgIpc) is 2.90. The molecule has 0 aliphatic carbocycles. The Morgan fingerprint density at radius 2 is 1.82 bits per heavy atom. The first-order chi connectivity index (χ1) is 18.2. The Hall–Kier alpha value is -3.88. The summed E-state index contributed by atoms with van der Waals surface area (Å²) in [7, 11) is 0. The van der Waals surface area contributed by atoms with Gasteiger partial charge in [-0.1, -0.05) is 30.3 Å². The van der Waals surface area contributed by atoms with Gasteiger partial charge in [-0.3, -0.25) is 9.59 Å². The summed E-state index contributed by atoms with van der Waals surface area (Å²) >= 11 is 0. The number of amides is 1. The highest BCUT2D eigenvalue weighted by Crippen LogP contribution is 2.38. The van der Waals surface area contributed by atoms with Crippen LogP contribution in [-0.4, -0.2) is 25.0 Å². The van der Waals surface area contributed by atoms with E-state index in [1.54, 1.807) is 31.2 Å². The fraction of sp³-hybridized carbons (Fsp3) is 0.310. The minimum atomic E-state index is -4.56. The van der Waals surface area contributed by atoms with Crippen LogP contribution in [0.1, 0.15) is 52.4 Å². The molecule has 1 amide bonds. The lowest BCUT2D eigenvalue weighted by Crippen LogP contribution is -2.36. The smallest absolute Gasteiger partial charge is 0.416 e. The molecule has 5 nitrogen and oxygen atoms in total. The Labute approximate surface area is 218 Å². The van der Waals surface area contributed by atoms with Gasteiger partial charge in [-0.15, -0.1) is 0 Å². The highest BCUT2D eigenvalue weighted by Gasteiger charge is 2.32. The van der Waals surface area contributed by atoms with Crippen LogP contribution in [0.5, 0.6) is 5.75 Å². The Balaban J connectivity index is 1.52. The van der Waals surface area contributed by atoms with Gasteiger partial charge < -0.3 is 14.4 Å². The van der Waals surface area contributed by atoms with E-state index in [0.29, 0.717) is 42.0 Å². The van der Waals surface area contributed by atoms with Gasteiger partial charge in [-0.25, -0.2) is 4.39 Å². The molecule has 0 saturated heterocycles. The van der Waals surface area contributed by atoms with E-state index in [1.165, 1.54) is 23.1 Å². The fourth-order valence-electron chi connectivity index (χ4n) is 4.43. The van der Waals surface area contributed by atoms with Crippen molar-refractivity contribution in [1.29, 1.82) is 0 Å². The molecule has 1 aliphatic heterocycles. The first kappa shape index (κ1) is 27.2. The third-order valence-electron chi connectivity index (χ3n) is 6.28. The van der Waals surface area contributed by atoms with Gasteiger partial charge in [0, 0.05) is 18.5 Å². The van der Waals surface area contributed by atoms with Crippen molar-refractivity contribution in [3.05, 3.63) is 94.3 Å². The highest BCUT2D eigenvalue weighted by atomic mass is 19.4. The third kappa shape index (κ3) is 6.33. The summed E-state index contributed by atoms with van der Waals surface area (Å²) in [6.07, 6.45) is -2.94. The molecule has 1 aliphatic rings. The van der Waals surface area contributed by atoms with Crippen LogP contribution in [0.15, 0.2) is 60.7 Å². The molecule has 0 N–H and O–H groups in total. The Morgan fingerprint density at radius 3 is 2.55 bits per heavy atom. The lowest BCUT2D eigenvalue weighted by Gasteiger charge is -2.31. The number of hydrogen-bond acceptors (Lipinski definition) is 4. The maximum absolute atomic E-state index is 14.6. The van der Waals surface area contributed by atoms with Crippen LogP contribution in [0, 0.1) is 5.82 Å². The number of benzene rings is 3. The molecule has 0 fully saturated rings. The van der Waals surface area contributed by atoms with Crippen molar-refractivity contribution in [3.63, 3.8) is 0 Å². The average molecular weight is 530 g/mol. The molecule has 0 bridgehead atoms. The molecule has 9 heteroatoms. The van der Waals surface area contributed by atoms with Gasteiger partial charge in [0.2, 0.25) is 0 Å². The van der Waals surface area contributed by atoms with Gasteiger partial charge >= 0.3 is 12.1 Å². The summed E-state index contributed by atoms with van der Waals surface area (Å²) in [5.41, 5.74) is 1.33. The van der Waals surface area contributed by atoms with Gasteiger partial charge in [0.25, 0.3) is 5.91 Å². The lowest BCUT2D eigenvalue weighted by molar-refractivity contribution is -0.143. The zero-order valence-corrected chi connectivity index (χ0v) is 20.8. The number of rotatable bonds is 8. The summed E-state index contributed by atoms with van der Waals surface area (Å²) in [4.78, 5) is 26.3. The summed E-state index contributed by atoms with van der Waals surface area (Å²) in [5, 5.41) is 0. The maximum atomic E-state index is 14.6. The number of hydrogen-bond donors (Lipinski definition) is 0. The number of para-hydroxylation sites is 1. The highest BCUT2D eigenvalue weighted by molar-refractivity contribution is 6.07. The second-order valence-electron chi connectivity index (χ2n) is 8.92. The molecule has 0 saturated carbocycles. The summed E-state index contributed by atoms with van der Waals surface area (Å²) in [6.45, 7) is 2.31. The molecule has 0 aromatic heterocycles. The van der Waals surface area contributed by atoms with Crippen molar-refractivity contribution in [3.8, 4) is 5.75 Å². The van der Waals surface area contributed by atoms with Crippen molar-refractivity contribution in [2.24, 2.45) is 0 Å². The van der Waals surface area contributed by atoms with Crippen molar-refractivity contribution in [1.82, 2.24) is 0 Å². The Kier molecular flexibility index (Phi) is 8.34. The minimum Gasteiger partial charge on any atom is -0.487 e. The van der Waals surface area contributed by atoms with Crippen LogP contribution in [0.25, 0.3) is 0 Å². The molecule has 0 spiro atoms. The number of ether oxygens (including phenoxy) is 2. The van der Waals surface area contributed by atoms with Gasteiger partial charge in [-0.05, 0) is 73.2 Å². The van der Waals surface area contributed by atoms with Crippen molar-refractivity contribution in [2.45, 2.75) is 45.4 Å². The van der Waals surface area contributed by atoms with E-state index < -0.39 is 29.4 Å². The minimum absolute atomic E-state index is 0.0110. The molecule has 3 aromatic carbocycles. The molecule has 200 valence electrons. The molecule has 0 atom stereocenters. The van der Waals surface area contributed by atoms with E-state index in [9.17, 15) is 27.2 Å². The lowest BCUT2D eigenvalue weighted by atomic mass is 9.99. The summed E-state index contributed by atoms with van der Waals surface area (Å²) < 4.78 is 65.1. The third-order valence-corrected chi connectivity index (χ3v) is 6.28. The topological polar surface area (TPSA) is 55.8 Å². The van der Waals surface area contributed by atoms with E-state index in [-0.39, 0.29) is 31.6 Å². The summed E-state index contributed by atoms with van der Waals surface area (Å²) in [6, 6.07) is 14.3. The van der Waals surface area contributed by atoms with Crippen LogP contribution in [0.4, 0.5) is 23.2 Å². The van der Waals surface area contributed by atoms with Crippen LogP contribution < -0.4 is 9.64 Å². The van der Waals surface area contributed by atoms with Crippen LogP contribution >= 0.6 is 0 Å². The molecule has 3 aromatic rings. The van der Waals surface area contributed by atoms with E-state index in [0.717, 1.165) is 17.7 Å². The van der Waals surface area contributed by atoms with Gasteiger partial charge in [0.15, 0.2) is 0 Å². The molecule has 4 rings (SSSR count). The maximum Gasteiger partial charge on any atom is 0.416 e. The van der Waals surface area contributed by atoms with Crippen LogP contribution in [-0.2, 0) is 35.2 Å². The normalized spacial score (nSPS) is 13.1. The Bertz CT molecular complexity index is 1320. The Morgan fingerprint density at radius 1 is 1.03 bits per heavy atom. The number of anilines is 1. The second kappa shape index (κ2) is 11.7. The number of alkyl halides is 3. The van der Waals surface area contributed by atoms with Gasteiger partial charge in [0.05, 0.1) is 17.9 Å². The quantitative estimate of drug-likeness (QED) is 0.247. The molecule has 1 heterocycles. The van der Waals surface area contributed by atoms with Gasteiger partial charge in [-0.2, -0.15) is 13.2 Å². The first-order valence-corrected chi connectivity index (χ1v) is 12.3. The van der Waals surface area contributed by atoms with Crippen LogP contribution in [0.3, 0.4) is 0 Å². The molecule has 0 unspecified atom stereocenters. The van der Waals surface area contributed by atoms with Crippen LogP contribution in [0.2, 0.25) is 0 Å². The second-order valence-corrected chi connectivity index (χ2v) is 8.92. The monoisotopic (exact) mass is 529 g/mol. The van der Waals surface area contributed by atoms with Crippen molar-refractivity contribution >= 4 is 17.6 Å².